The Morgan fingerprint density at radius 1 is 0.920 bits per heavy atom. The summed E-state index contributed by atoms with van der Waals surface area (Å²) in [5.74, 6) is 0. The maximum atomic E-state index is 13.3. The fourth-order valence-corrected chi connectivity index (χ4v) is 3.34. The molecule has 0 saturated carbocycles. The van der Waals surface area contributed by atoms with Crippen molar-refractivity contribution in [3.63, 3.8) is 0 Å². The van der Waals surface area contributed by atoms with Gasteiger partial charge in [-0.05, 0) is 18.1 Å². The molecule has 2 nitrogen and oxygen atoms in total. The van der Waals surface area contributed by atoms with Crippen molar-refractivity contribution in [3.05, 3.63) is 89.2 Å². The van der Waals surface area contributed by atoms with E-state index in [2.05, 4.69) is 21.0 Å². The number of hydrogen-bond donors (Lipinski definition) is 0. The quantitative estimate of drug-likeness (QED) is 0.513. The number of benzene rings is 2. The molecule has 0 aliphatic heterocycles. The third kappa shape index (κ3) is 3.23. The van der Waals surface area contributed by atoms with Gasteiger partial charge in [0.2, 0.25) is 0 Å². The van der Waals surface area contributed by atoms with Crippen molar-refractivity contribution in [2.75, 3.05) is 0 Å². The Labute approximate surface area is 152 Å². The first-order valence-corrected chi connectivity index (χ1v) is 8.82. The Balaban J connectivity index is 2.26. The highest BCUT2D eigenvalue weighted by molar-refractivity contribution is 9.08. The van der Waals surface area contributed by atoms with Crippen LogP contribution in [-0.4, -0.2) is 9.78 Å². The molecule has 130 valence electrons. The summed E-state index contributed by atoms with van der Waals surface area (Å²) in [4.78, 5) is 0. The van der Waals surface area contributed by atoms with Crippen molar-refractivity contribution in [3.8, 4) is 0 Å². The first-order valence-electron chi connectivity index (χ1n) is 7.70. The van der Waals surface area contributed by atoms with E-state index < -0.39 is 17.4 Å². The number of alkyl halides is 4. The number of halogens is 4. The van der Waals surface area contributed by atoms with Crippen LogP contribution in [0.3, 0.4) is 0 Å². The zero-order valence-corrected chi connectivity index (χ0v) is 15.1. The summed E-state index contributed by atoms with van der Waals surface area (Å²) >= 11 is 3.14. The average molecular weight is 409 g/mol. The van der Waals surface area contributed by atoms with Gasteiger partial charge < -0.3 is 0 Å². The van der Waals surface area contributed by atoms with Gasteiger partial charge in [0.05, 0.1) is 0 Å². The Bertz CT molecular complexity index is 803. The minimum Gasteiger partial charge on any atom is -0.257 e. The van der Waals surface area contributed by atoms with Crippen LogP contribution in [0.15, 0.2) is 66.9 Å². The molecule has 0 aliphatic carbocycles. The summed E-state index contributed by atoms with van der Waals surface area (Å²) in [5, 5.41) is 4.02. The molecular formula is C19H16BrF3N2. The molecule has 2 aromatic carbocycles. The van der Waals surface area contributed by atoms with Crippen LogP contribution in [0.2, 0.25) is 0 Å². The minimum atomic E-state index is -4.50. The van der Waals surface area contributed by atoms with Gasteiger partial charge in [-0.25, -0.2) is 0 Å². The molecule has 3 aromatic rings. The van der Waals surface area contributed by atoms with Gasteiger partial charge in [-0.2, -0.15) is 18.3 Å². The third-order valence-corrected chi connectivity index (χ3v) is 4.94. The minimum absolute atomic E-state index is 0.0848. The van der Waals surface area contributed by atoms with Crippen LogP contribution in [-0.2, 0) is 17.0 Å². The SMILES string of the molecule is CC(c1ccccc1)(c1ccccc1)n1cc(CBr)c(C(F)(F)F)n1. The maximum absolute atomic E-state index is 13.3. The summed E-state index contributed by atoms with van der Waals surface area (Å²) in [6, 6.07) is 18.8. The third-order valence-electron chi connectivity index (χ3n) is 4.33. The Hall–Kier alpha value is -2.08. The van der Waals surface area contributed by atoms with Crippen LogP contribution in [0.1, 0.15) is 29.3 Å². The van der Waals surface area contributed by atoms with E-state index in [-0.39, 0.29) is 10.9 Å². The smallest absolute Gasteiger partial charge is 0.257 e. The second kappa shape index (κ2) is 6.67. The molecule has 25 heavy (non-hydrogen) atoms. The first kappa shape index (κ1) is 17.7. The Morgan fingerprint density at radius 2 is 1.40 bits per heavy atom. The predicted octanol–water partition coefficient (Wildman–Crippen LogP) is 5.61. The van der Waals surface area contributed by atoms with Gasteiger partial charge in [-0.3, -0.25) is 4.68 Å². The molecule has 6 heteroatoms. The molecule has 0 unspecified atom stereocenters. The van der Waals surface area contributed by atoms with E-state index in [0.29, 0.717) is 0 Å². The van der Waals surface area contributed by atoms with E-state index in [1.54, 1.807) is 0 Å². The lowest BCUT2D eigenvalue weighted by molar-refractivity contribution is -0.142. The van der Waals surface area contributed by atoms with Crippen molar-refractivity contribution >= 4 is 15.9 Å². The molecule has 0 N–H and O–H groups in total. The summed E-state index contributed by atoms with van der Waals surface area (Å²) in [6.45, 7) is 1.88. The molecule has 0 saturated heterocycles. The molecule has 0 bridgehead atoms. The normalized spacial score (nSPS) is 12.4. The van der Waals surface area contributed by atoms with Gasteiger partial charge in [0.1, 0.15) is 5.54 Å². The van der Waals surface area contributed by atoms with E-state index >= 15 is 0 Å². The Kier molecular flexibility index (Phi) is 4.73. The monoisotopic (exact) mass is 408 g/mol. The lowest BCUT2D eigenvalue weighted by atomic mass is 9.85. The van der Waals surface area contributed by atoms with Crippen LogP contribution in [0, 0.1) is 0 Å². The highest BCUT2D eigenvalue weighted by Crippen LogP contribution is 2.37. The average Bonchev–Trinajstić information content (AvgIpc) is 3.08. The topological polar surface area (TPSA) is 17.8 Å². The van der Waals surface area contributed by atoms with Crippen LogP contribution >= 0.6 is 15.9 Å². The van der Waals surface area contributed by atoms with Gasteiger partial charge in [0.15, 0.2) is 5.69 Å². The molecule has 0 fully saturated rings. The van der Waals surface area contributed by atoms with E-state index in [4.69, 9.17) is 0 Å². The van der Waals surface area contributed by atoms with Crippen molar-refractivity contribution in [1.29, 1.82) is 0 Å². The van der Waals surface area contributed by atoms with Gasteiger partial charge in [0.25, 0.3) is 0 Å². The van der Waals surface area contributed by atoms with Crippen molar-refractivity contribution in [2.45, 2.75) is 24.0 Å². The number of hydrogen-bond acceptors (Lipinski definition) is 1. The lowest BCUT2D eigenvalue weighted by Gasteiger charge is -2.31. The van der Waals surface area contributed by atoms with Crippen LogP contribution in [0.25, 0.3) is 0 Å². The van der Waals surface area contributed by atoms with Gasteiger partial charge in [-0.15, -0.1) is 0 Å². The molecule has 0 spiro atoms. The molecule has 0 atom stereocenters. The summed E-state index contributed by atoms with van der Waals surface area (Å²) in [7, 11) is 0. The van der Waals surface area contributed by atoms with Crippen molar-refractivity contribution in [1.82, 2.24) is 9.78 Å². The number of rotatable bonds is 4. The summed E-state index contributed by atoms with van der Waals surface area (Å²) in [5.41, 5.74) is 0.119. The van der Waals surface area contributed by atoms with Crippen molar-refractivity contribution in [2.24, 2.45) is 0 Å². The molecule has 0 aliphatic rings. The fraction of sp³-hybridized carbons (Fsp3) is 0.211. The van der Waals surface area contributed by atoms with E-state index in [0.717, 1.165) is 11.1 Å². The molecular weight excluding hydrogens is 393 g/mol. The van der Waals surface area contributed by atoms with Crippen molar-refractivity contribution < 1.29 is 13.2 Å². The summed E-state index contributed by atoms with van der Waals surface area (Å²) < 4.78 is 41.4. The Morgan fingerprint density at radius 3 is 1.76 bits per heavy atom. The second-order valence-electron chi connectivity index (χ2n) is 5.88. The molecule has 3 rings (SSSR count). The van der Waals surface area contributed by atoms with Gasteiger partial charge in [0, 0.05) is 17.1 Å². The highest BCUT2D eigenvalue weighted by atomic mass is 79.9. The molecule has 1 aromatic heterocycles. The van der Waals surface area contributed by atoms with E-state index in [9.17, 15) is 13.2 Å². The predicted molar refractivity (Wildman–Crippen MR) is 94.6 cm³/mol. The molecule has 1 heterocycles. The summed E-state index contributed by atoms with van der Waals surface area (Å²) in [6.07, 6.45) is -3.03. The zero-order valence-electron chi connectivity index (χ0n) is 13.5. The second-order valence-corrected chi connectivity index (χ2v) is 6.44. The standard InChI is InChI=1S/C19H16BrF3N2/c1-18(15-8-4-2-5-9-15,16-10-6-3-7-11-16)25-13-14(12-20)17(24-25)19(21,22)23/h2-11,13H,12H2,1H3. The molecule has 0 radical (unpaired) electrons. The van der Waals surface area contributed by atoms with Crippen LogP contribution in [0.5, 0.6) is 0 Å². The first-order chi connectivity index (χ1) is 11.9. The van der Waals surface area contributed by atoms with Crippen LogP contribution < -0.4 is 0 Å². The fourth-order valence-electron chi connectivity index (χ4n) is 2.93. The number of aromatic nitrogens is 2. The van der Waals surface area contributed by atoms with Crippen LogP contribution in [0.4, 0.5) is 13.2 Å². The zero-order chi connectivity index (χ0) is 18.1. The van der Waals surface area contributed by atoms with E-state index in [1.807, 2.05) is 67.6 Å². The van der Waals surface area contributed by atoms with E-state index in [1.165, 1.54) is 10.9 Å². The highest BCUT2D eigenvalue weighted by Gasteiger charge is 2.40. The largest absolute Gasteiger partial charge is 0.435 e. The number of nitrogens with zero attached hydrogens (tertiary/aromatic N) is 2. The maximum Gasteiger partial charge on any atom is 0.435 e. The van der Waals surface area contributed by atoms with Gasteiger partial charge in [-0.1, -0.05) is 76.6 Å². The molecule has 0 amide bonds. The van der Waals surface area contributed by atoms with Gasteiger partial charge >= 0.3 is 6.18 Å². The lowest BCUT2D eigenvalue weighted by Crippen LogP contribution is -2.33.